The topological polar surface area (TPSA) is 89.4 Å². The standard InChI is InChI=1S/C21H23N3O4/c1-14-12-17(15(2)24(14)18-9-10-18)8-11-20(26)28-13-19(25)22-23-21(27)16-6-4-3-5-7-16/h3-8,11-12,18H,9-10,13H2,1-2H3,(H,22,25)(H,23,27)/b11-8+. The first-order valence-corrected chi connectivity index (χ1v) is 9.13. The molecular weight excluding hydrogens is 358 g/mol. The van der Waals surface area contributed by atoms with Gasteiger partial charge in [-0.15, -0.1) is 0 Å². The van der Waals surface area contributed by atoms with Crippen molar-refractivity contribution in [1.82, 2.24) is 15.4 Å². The Kier molecular flexibility index (Phi) is 5.93. The molecule has 0 spiro atoms. The van der Waals surface area contributed by atoms with Crippen molar-refractivity contribution in [2.75, 3.05) is 6.61 Å². The Morgan fingerprint density at radius 3 is 2.54 bits per heavy atom. The van der Waals surface area contributed by atoms with Crippen molar-refractivity contribution in [1.29, 1.82) is 0 Å². The number of nitrogens with one attached hydrogen (secondary N) is 2. The van der Waals surface area contributed by atoms with Gasteiger partial charge in [-0.2, -0.15) is 0 Å². The molecule has 0 radical (unpaired) electrons. The van der Waals surface area contributed by atoms with Crippen molar-refractivity contribution in [2.45, 2.75) is 32.7 Å². The minimum Gasteiger partial charge on any atom is -0.452 e. The van der Waals surface area contributed by atoms with Gasteiger partial charge in [-0.05, 0) is 56.5 Å². The summed E-state index contributed by atoms with van der Waals surface area (Å²) in [6.07, 6.45) is 5.38. The van der Waals surface area contributed by atoms with Crippen LogP contribution < -0.4 is 10.9 Å². The van der Waals surface area contributed by atoms with Crippen molar-refractivity contribution in [2.24, 2.45) is 0 Å². The number of nitrogens with zero attached hydrogens (tertiary/aromatic N) is 1. The Hall–Kier alpha value is -3.35. The van der Waals surface area contributed by atoms with Crippen LogP contribution in [0.15, 0.2) is 42.5 Å². The zero-order valence-electron chi connectivity index (χ0n) is 15.9. The summed E-state index contributed by atoms with van der Waals surface area (Å²) in [5, 5.41) is 0. The number of amides is 2. The molecule has 146 valence electrons. The van der Waals surface area contributed by atoms with Crippen molar-refractivity contribution in [3.05, 3.63) is 65.0 Å². The first kappa shape index (κ1) is 19.4. The molecule has 1 aliphatic carbocycles. The highest BCUT2D eigenvalue weighted by Gasteiger charge is 2.26. The number of carbonyl (C=O) groups is 3. The van der Waals surface area contributed by atoms with E-state index < -0.39 is 24.4 Å². The monoisotopic (exact) mass is 381 g/mol. The number of esters is 1. The van der Waals surface area contributed by atoms with Crippen molar-refractivity contribution >= 4 is 23.9 Å². The van der Waals surface area contributed by atoms with Crippen LogP contribution in [0.1, 0.15) is 46.2 Å². The Labute approximate surface area is 163 Å². The number of hydrogen-bond donors (Lipinski definition) is 2. The lowest BCUT2D eigenvalue weighted by molar-refractivity contribution is -0.144. The predicted molar refractivity (Wildman–Crippen MR) is 104 cm³/mol. The van der Waals surface area contributed by atoms with Gasteiger partial charge in [0.2, 0.25) is 0 Å². The first-order valence-electron chi connectivity index (χ1n) is 9.13. The molecule has 2 amide bonds. The second-order valence-corrected chi connectivity index (χ2v) is 6.74. The highest BCUT2D eigenvalue weighted by Crippen LogP contribution is 2.38. The maximum absolute atomic E-state index is 11.8. The summed E-state index contributed by atoms with van der Waals surface area (Å²) in [4.78, 5) is 35.4. The maximum atomic E-state index is 11.8. The van der Waals surface area contributed by atoms with Gasteiger partial charge in [-0.3, -0.25) is 20.4 Å². The molecule has 1 aromatic heterocycles. The van der Waals surface area contributed by atoms with Gasteiger partial charge in [0, 0.05) is 29.1 Å². The van der Waals surface area contributed by atoms with Crippen molar-refractivity contribution in [3.63, 3.8) is 0 Å². The number of hydrazine groups is 1. The molecule has 7 nitrogen and oxygen atoms in total. The van der Waals surface area contributed by atoms with Gasteiger partial charge in [0.15, 0.2) is 6.61 Å². The Balaban J connectivity index is 1.44. The lowest BCUT2D eigenvalue weighted by atomic mass is 10.2. The van der Waals surface area contributed by atoms with E-state index in [0.717, 1.165) is 11.3 Å². The fraction of sp³-hybridized carbons (Fsp3) is 0.286. The Morgan fingerprint density at radius 2 is 1.86 bits per heavy atom. The average molecular weight is 381 g/mol. The van der Waals surface area contributed by atoms with E-state index in [0.29, 0.717) is 11.6 Å². The molecule has 28 heavy (non-hydrogen) atoms. The molecule has 1 fully saturated rings. The summed E-state index contributed by atoms with van der Waals surface area (Å²) in [5.74, 6) is -1.70. The number of aryl methyl sites for hydroxylation is 1. The molecule has 2 aromatic rings. The third kappa shape index (κ3) is 4.88. The molecule has 0 saturated heterocycles. The van der Waals surface area contributed by atoms with Crippen LogP contribution in [-0.4, -0.2) is 29.0 Å². The highest BCUT2D eigenvalue weighted by molar-refractivity contribution is 5.95. The molecule has 0 unspecified atom stereocenters. The Bertz CT molecular complexity index is 911. The summed E-state index contributed by atoms with van der Waals surface area (Å²) in [7, 11) is 0. The van der Waals surface area contributed by atoms with E-state index in [9.17, 15) is 14.4 Å². The SMILES string of the molecule is Cc1cc(/C=C/C(=O)OCC(=O)NNC(=O)c2ccccc2)c(C)n1C1CC1. The minimum absolute atomic E-state index is 0.409. The van der Waals surface area contributed by atoms with Crippen LogP contribution in [0.25, 0.3) is 6.08 Å². The number of rotatable bonds is 6. The normalized spacial score (nSPS) is 13.4. The van der Waals surface area contributed by atoms with E-state index in [-0.39, 0.29) is 0 Å². The summed E-state index contributed by atoms with van der Waals surface area (Å²) in [6, 6.07) is 11.1. The quantitative estimate of drug-likeness (QED) is 0.457. The zero-order chi connectivity index (χ0) is 20.1. The van der Waals surface area contributed by atoms with Gasteiger partial charge in [-0.25, -0.2) is 4.79 Å². The van der Waals surface area contributed by atoms with Crippen LogP contribution in [0.2, 0.25) is 0 Å². The van der Waals surface area contributed by atoms with Crippen molar-refractivity contribution in [3.8, 4) is 0 Å². The molecule has 0 aliphatic heterocycles. The van der Waals surface area contributed by atoms with E-state index in [1.165, 1.54) is 24.6 Å². The predicted octanol–water partition coefficient (Wildman–Crippen LogP) is 2.46. The van der Waals surface area contributed by atoms with Gasteiger partial charge in [-0.1, -0.05) is 18.2 Å². The van der Waals surface area contributed by atoms with E-state index in [1.54, 1.807) is 36.4 Å². The van der Waals surface area contributed by atoms with Gasteiger partial charge in [0.25, 0.3) is 11.8 Å². The largest absolute Gasteiger partial charge is 0.452 e. The average Bonchev–Trinajstić information content (AvgIpc) is 3.48. The molecule has 7 heteroatoms. The lowest BCUT2D eigenvalue weighted by Crippen LogP contribution is -2.43. The molecule has 1 aromatic carbocycles. The molecule has 0 bridgehead atoms. The second-order valence-electron chi connectivity index (χ2n) is 6.74. The molecule has 3 rings (SSSR count). The van der Waals surface area contributed by atoms with Crippen LogP contribution in [-0.2, 0) is 14.3 Å². The van der Waals surface area contributed by atoms with E-state index in [1.807, 2.05) is 13.0 Å². The zero-order valence-corrected chi connectivity index (χ0v) is 15.9. The van der Waals surface area contributed by atoms with E-state index in [4.69, 9.17) is 4.74 Å². The van der Waals surface area contributed by atoms with Crippen LogP contribution in [0.5, 0.6) is 0 Å². The first-order chi connectivity index (χ1) is 13.5. The second kappa shape index (κ2) is 8.56. The summed E-state index contributed by atoms with van der Waals surface area (Å²) < 4.78 is 7.19. The number of aromatic nitrogens is 1. The van der Waals surface area contributed by atoms with Gasteiger partial charge in [0.1, 0.15) is 0 Å². The summed E-state index contributed by atoms with van der Waals surface area (Å²) in [5.41, 5.74) is 8.12. The summed E-state index contributed by atoms with van der Waals surface area (Å²) >= 11 is 0. The number of benzene rings is 1. The number of hydrogen-bond acceptors (Lipinski definition) is 4. The Morgan fingerprint density at radius 1 is 1.14 bits per heavy atom. The van der Waals surface area contributed by atoms with Crippen molar-refractivity contribution < 1.29 is 19.1 Å². The fourth-order valence-electron chi connectivity index (χ4n) is 3.03. The molecular formula is C21H23N3O4. The number of ether oxygens (including phenoxy) is 1. The van der Waals surface area contributed by atoms with Crippen LogP contribution >= 0.6 is 0 Å². The van der Waals surface area contributed by atoms with Gasteiger partial charge < -0.3 is 9.30 Å². The minimum atomic E-state index is -0.627. The lowest BCUT2D eigenvalue weighted by Gasteiger charge is -2.07. The maximum Gasteiger partial charge on any atom is 0.331 e. The van der Waals surface area contributed by atoms with Gasteiger partial charge >= 0.3 is 5.97 Å². The third-order valence-corrected chi connectivity index (χ3v) is 4.53. The molecule has 2 N–H and O–H groups in total. The van der Waals surface area contributed by atoms with E-state index in [2.05, 4.69) is 22.3 Å². The molecule has 1 saturated carbocycles. The summed E-state index contributed by atoms with van der Waals surface area (Å²) in [6.45, 7) is 3.59. The van der Waals surface area contributed by atoms with Crippen LogP contribution in [0, 0.1) is 13.8 Å². The highest BCUT2D eigenvalue weighted by atomic mass is 16.5. The number of carbonyl (C=O) groups excluding carboxylic acids is 3. The van der Waals surface area contributed by atoms with E-state index >= 15 is 0 Å². The van der Waals surface area contributed by atoms with Crippen LogP contribution in [0.4, 0.5) is 0 Å². The van der Waals surface area contributed by atoms with Gasteiger partial charge in [0.05, 0.1) is 0 Å². The molecule has 1 heterocycles. The smallest absolute Gasteiger partial charge is 0.331 e. The molecule has 1 aliphatic rings. The molecule has 0 atom stereocenters. The van der Waals surface area contributed by atoms with Crippen LogP contribution in [0.3, 0.4) is 0 Å². The fourth-order valence-corrected chi connectivity index (χ4v) is 3.03. The third-order valence-electron chi connectivity index (χ3n) is 4.53.